The number of nitrogens with two attached hydrogens (primary N) is 1. The third-order valence-corrected chi connectivity index (χ3v) is 6.49. The molecule has 146 valence electrons. The number of hydrogen-bond donors (Lipinski definition) is 3. The van der Waals surface area contributed by atoms with Crippen LogP contribution in [0.2, 0.25) is 0 Å². The second-order valence-electron chi connectivity index (χ2n) is 6.53. The van der Waals surface area contributed by atoms with Crippen LogP contribution in [0.1, 0.15) is 48.0 Å². The summed E-state index contributed by atoms with van der Waals surface area (Å²) in [6.07, 6.45) is 2.78. The van der Waals surface area contributed by atoms with Crippen LogP contribution in [0.5, 0.6) is 0 Å². The highest BCUT2D eigenvalue weighted by Crippen LogP contribution is 2.40. The first-order valence-corrected chi connectivity index (χ1v) is 10.6. The highest BCUT2D eigenvalue weighted by Gasteiger charge is 2.30. The van der Waals surface area contributed by atoms with E-state index in [1.54, 1.807) is 13.8 Å². The van der Waals surface area contributed by atoms with Crippen LogP contribution in [0.15, 0.2) is 5.16 Å². The minimum Gasteiger partial charge on any atom is -0.462 e. The van der Waals surface area contributed by atoms with Crippen molar-refractivity contribution in [3.8, 4) is 0 Å². The van der Waals surface area contributed by atoms with Crippen LogP contribution in [0.25, 0.3) is 0 Å². The van der Waals surface area contributed by atoms with Crippen molar-refractivity contribution in [1.29, 1.82) is 0 Å². The molecule has 10 heteroatoms. The van der Waals surface area contributed by atoms with Gasteiger partial charge in [-0.05, 0) is 44.6 Å². The zero-order valence-corrected chi connectivity index (χ0v) is 17.1. The number of esters is 1. The van der Waals surface area contributed by atoms with Crippen LogP contribution in [0.4, 0.5) is 10.9 Å². The van der Waals surface area contributed by atoms with Crippen LogP contribution >= 0.6 is 23.1 Å². The van der Waals surface area contributed by atoms with Crippen LogP contribution in [-0.4, -0.2) is 38.9 Å². The van der Waals surface area contributed by atoms with Crippen LogP contribution in [0.3, 0.4) is 0 Å². The number of aromatic amines is 1. The molecule has 4 N–H and O–H groups in total. The Hall–Kier alpha value is -2.07. The SMILES string of the molecule is CCOC(=O)c1c(NC(=O)[C@H](C)Sc2n[nH]c(N)n2)sc2c1CC[C@@H](C)C2. The number of nitrogen functional groups attached to an aromatic ring is 1. The van der Waals surface area contributed by atoms with Gasteiger partial charge in [-0.1, -0.05) is 18.7 Å². The standard InChI is InChI=1S/C17H23N5O3S2/c1-4-25-15(24)12-10-6-5-8(2)7-11(10)27-14(12)19-13(23)9(3)26-17-20-16(18)21-22-17/h8-9H,4-7H2,1-3H3,(H,19,23)(H3,18,20,21,22)/t8-,9+/m1/s1. The molecule has 0 spiro atoms. The Kier molecular flexibility index (Phi) is 6.05. The monoisotopic (exact) mass is 409 g/mol. The highest BCUT2D eigenvalue weighted by molar-refractivity contribution is 8.00. The number of ether oxygens (including phenoxy) is 1. The molecule has 0 radical (unpaired) electrons. The molecule has 1 aliphatic rings. The lowest BCUT2D eigenvalue weighted by molar-refractivity contribution is -0.115. The predicted molar refractivity (Wildman–Crippen MR) is 106 cm³/mol. The largest absolute Gasteiger partial charge is 0.462 e. The molecule has 0 bridgehead atoms. The average Bonchev–Trinajstić information content (AvgIpc) is 3.17. The molecule has 8 nitrogen and oxygen atoms in total. The molecule has 2 heterocycles. The Balaban J connectivity index is 1.80. The van der Waals surface area contributed by atoms with E-state index in [1.165, 1.54) is 23.1 Å². The molecule has 3 rings (SSSR count). The van der Waals surface area contributed by atoms with E-state index in [1.807, 2.05) is 0 Å². The summed E-state index contributed by atoms with van der Waals surface area (Å²) in [5.41, 5.74) is 7.04. The molecule has 0 unspecified atom stereocenters. The number of nitrogens with one attached hydrogen (secondary N) is 2. The van der Waals surface area contributed by atoms with E-state index < -0.39 is 5.25 Å². The smallest absolute Gasteiger partial charge is 0.341 e. The van der Waals surface area contributed by atoms with E-state index in [9.17, 15) is 9.59 Å². The fourth-order valence-corrected chi connectivity index (χ4v) is 5.13. The van der Waals surface area contributed by atoms with E-state index in [0.29, 0.717) is 28.2 Å². The Morgan fingerprint density at radius 1 is 1.52 bits per heavy atom. The van der Waals surface area contributed by atoms with Gasteiger partial charge in [0.15, 0.2) is 0 Å². The third-order valence-electron chi connectivity index (χ3n) is 4.36. The zero-order valence-electron chi connectivity index (χ0n) is 15.5. The molecule has 2 atom stereocenters. The van der Waals surface area contributed by atoms with Gasteiger partial charge < -0.3 is 15.8 Å². The number of anilines is 2. The summed E-state index contributed by atoms with van der Waals surface area (Å²) in [6.45, 7) is 6.03. The average molecular weight is 410 g/mol. The lowest BCUT2D eigenvalue weighted by Gasteiger charge is -2.18. The van der Waals surface area contributed by atoms with Crippen LogP contribution in [0, 0.1) is 5.92 Å². The number of rotatable bonds is 6. The van der Waals surface area contributed by atoms with Crippen molar-refractivity contribution < 1.29 is 14.3 Å². The topological polar surface area (TPSA) is 123 Å². The maximum absolute atomic E-state index is 12.7. The van der Waals surface area contributed by atoms with Gasteiger partial charge in [-0.3, -0.25) is 4.79 Å². The summed E-state index contributed by atoms with van der Waals surface area (Å²) in [6, 6.07) is 0. The Morgan fingerprint density at radius 3 is 2.96 bits per heavy atom. The van der Waals surface area contributed by atoms with Crippen molar-refractivity contribution in [1.82, 2.24) is 15.2 Å². The summed E-state index contributed by atoms with van der Waals surface area (Å²) in [5.74, 6) is 0.178. The molecular weight excluding hydrogens is 386 g/mol. The Morgan fingerprint density at radius 2 is 2.30 bits per heavy atom. The molecule has 0 saturated heterocycles. The predicted octanol–water partition coefficient (Wildman–Crippen LogP) is 2.87. The fraction of sp³-hybridized carbons (Fsp3) is 0.529. The fourth-order valence-electron chi connectivity index (χ4n) is 2.99. The molecule has 0 fully saturated rings. The number of carbonyl (C=O) groups is 2. The van der Waals surface area contributed by atoms with Gasteiger partial charge >= 0.3 is 5.97 Å². The van der Waals surface area contributed by atoms with Crippen LogP contribution < -0.4 is 11.1 Å². The van der Waals surface area contributed by atoms with E-state index in [2.05, 4.69) is 27.4 Å². The maximum atomic E-state index is 12.7. The van der Waals surface area contributed by atoms with Gasteiger partial charge in [0.2, 0.25) is 17.0 Å². The number of nitrogens with zero attached hydrogens (tertiary/aromatic N) is 2. The van der Waals surface area contributed by atoms with Gasteiger partial charge in [0, 0.05) is 4.88 Å². The van der Waals surface area contributed by atoms with E-state index in [0.717, 1.165) is 29.7 Å². The molecule has 0 saturated carbocycles. The third kappa shape index (κ3) is 4.44. The Bertz CT molecular complexity index is 848. The van der Waals surface area contributed by atoms with Gasteiger partial charge in [0.25, 0.3) is 0 Å². The number of hydrogen-bond acceptors (Lipinski definition) is 8. The number of thioether (sulfide) groups is 1. The minimum absolute atomic E-state index is 0.203. The molecule has 2 aromatic heterocycles. The van der Waals surface area contributed by atoms with E-state index in [4.69, 9.17) is 10.5 Å². The van der Waals surface area contributed by atoms with Crippen molar-refractivity contribution >= 4 is 45.9 Å². The Labute approximate surface area is 165 Å². The second-order valence-corrected chi connectivity index (χ2v) is 8.94. The molecule has 2 aromatic rings. The van der Waals surface area contributed by atoms with Crippen molar-refractivity contribution in [2.45, 2.75) is 50.4 Å². The number of fused-ring (bicyclic) bond motifs is 1. The summed E-state index contributed by atoms with van der Waals surface area (Å²) in [7, 11) is 0. The normalized spacial score (nSPS) is 17.2. The molecule has 1 aliphatic carbocycles. The number of amides is 1. The van der Waals surface area contributed by atoms with Crippen LogP contribution in [-0.2, 0) is 22.4 Å². The number of H-pyrrole nitrogens is 1. The quantitative estimate of drug-likeness (QED) is 0.495. The van der Waals surface area contributed by atoms with E-state index >= 15 is 0 Å². The molecule has 27 heavy (non-hydrogen) atoms. The number of aromatic nitrogens is 3. The molecular formula is C17H23N5O3S2. The van der Waals surface area contributed by atoms with Crippen molar-refractivity contribution in [3.63, 3.8) is 0 Å². The van der Waals surface area contributed by atoms with Crippen molar-refractivity contribution in [3.05, 3.63) is 16.0 Å². The minimum atomic E-state index is -0.451. The van der Waals surface area contributed by atoms with Gasteiger partial charge in [-0.2, -0.15) is 4.98 Å². The van der Waals surface area contributed by atoms with Gasteiger partial charge in [0.1, 0.15) is 5.00 Å². The summed E-state index contributed by atoms with van der Waals surface area (Å²) in [5, 5.41) is 9.90. The molecule has 0 aliphatic heterocycles. The van der Waals surface area contributed by atoms with Crippen molar-refractivity contribution in [2.24, 2.45) is 5.92 Å². The molecule has 0 aromatic carbocycles. The highest BCUT2D eigenvalue weighted by atomic mass is 32.2. The van der Waals surface area contributed by atoms with Gasteiger partial charge in [-0.15, -0.1) is 16.4 Å². The van der Waals surface area contributed by atoms with Crippen molar-refractivity contribution in [2.75, 3.05) is 17.7 Å². The summed E-state index contributed by atoms with van der Waals surface area (Å²) < 4.78 is 5.23. The number of carbonyl (C=O) groups excluding carboxylic acids is 2. The van der Waals surface area contributed by atoms with Gasteiger partial charge in [0.05, 0.1) is 17.4 Å². The first-order chi connectivity index (χ1) is 12.9. The zero-order chi connectivity index (χ0) is 19.6. The number of thiophene rings is 1. The molecule has 1 amide bonds. The first-order valence-electron chi connectivity index (χ1n) is 8.86. The van der Waals surface area contributed by atoms with Gasteiger partial charge in [-0.25, -0.2) is 9.89 Å². The summed E-state index contributed by atoms with van der Waals surface area (Å²) >= 11 is 2.67. The first kappa shape index (κ1) is 19.7. The maximum Gasteiger partial charge on any atom is 0.341 e. The second kappa shape index (κ2) is 8.30. The lowest BCUT2D eigenvalue weighted by Crippen LogP contribution is -2.23. The van der Waals surface area contributed by atoms with E-state index in [-0.39, 0.29) is 17.8 Å². The summed E-state index contributed by atoms with van der Waals surface area (Å²) in [4.78, 5) is 30.3. The lowest BCUT2D eigenvalue weighted by atomic mass is 9.88.